The van der Waals surface area contributed by atoms with Gasteiger partial charge in [-0.05, 0) is 43.9 Å². The van der Waals surface area contributed by atoms with Gasteiger partial charge in [0.15, 0.2) is 0 Å². The molecule has 0 atom stereocenters. The van der Waals surface area contributed by atoms with Crippen molar-refractivity contribution in [1.29, 1.82) is 0 Å². The van der Waals surface area contributed by atoms with Crippen molar-refractivity contribution in [1.82, 2.24) is 5.32 Å². The van der Waals surface area contributed by atoms with Gasteiger partial charge in [0.05, 0.1) is 0 Å². The normalized spacial score (nSPS) is 14.8. The van der Waals surface area contributed by atoms with Crippen LogP contribution in [0.15, 0.2) is 22.7 Å². The summed E-state index contributed by atoms with van der Waals surface area (Å²) in [6, 6.07) is 7.51. The average Bonchev–Trinajstić information content (AvgIpc) is 3.18. The van der Waals surface area contributed by atoms with Crippen molar-refractivity contribution < 1.29 is 0 Å². The Hall–Kier alpha value is -0.540. The molecule has 2 nitrogen and oxygen atoms in total. The fourth-order valence-corrected chi connectivity index (χ4v) is 2.66. The van der Waals surface area contributed by atoms with Crippen LogP contribution in [0.3, 0.4) is 0 Å². The Kier molecular flexibility index (Phi) is 5.07. The largest absolute Gasteiger partial charge is 0.372 e. The standard InChI is InChI=1S/C15H23BrN2/c1-3-9-18(4-2)14-8-5-12(15(16)10-14)11-17-13-6-7-13/h5,8,10,13,17H,3-4,6-7,9,11H2,1-2H3. The molecule has 0 aliphatic heterocycles. The molecule has 0 unspecified atom stereocenters. The number of hydrogen-bond donors (Lipinski definition) is 1. The van der Waals surface area contributed by atoms with Crippen LogP contribution < -0.4 is 10.2 Å². The van der Waals surface area contributed by atoms with Crippen molar-refractivity contribution in [2.24, 2.45) is 0 Å². The van der Waals surface area contributed by atoms with Crippen LogP contribution in [0.1, 0.15) is 38.7 Å². The van der Waals surface area contributed by atoms with Crippen LogP contribution in [-0.2, 0) is 6.54 Å². The number of halogens is 1. The maximum atomic E-state index is 3.70. The second-order valence-corrected chi connectivity index (χ2v) is 5.86. The van der Waals surface area contributed by atoms with Crippen LogP contribution in [-0.4, -0.2) is 19.1 Å². The van der Waals surface area contributed by atoms with E-state index in [0.29, 0.717) is 0 Å². The predicted octanol–water partition coefficient (Wildman–Crippen LogP) is 3.94. The SMILES string of the molecule is CCCN(CC)c1ccc(CNC2CC2)c(Br)c1. The Morgan fingerprint density at radius 1 is 1.33 bits per heavy atom. The monoisotopic (exact) mass is 310 g/mol. The first-order valence-corrected chi connectivity index (χ1v) is 7.80. The third-order valence-corrected chi connectivity index (χ3v) is 4.17. The predicted molar refractivity (Wildman–Crippen MR) is 82.2 cm³/mol. The van der Waals surface area contributed by atoms with Crippen LogP contribution in [0, 0.1) is 0 Å². The molecule has 0 aromatic heterocycles. The van der Waals surface area contributed by atoms with Gasteiger partial charge in [-0.25, -0.2) is 0 Å². The van der Waals surface area contributed by atoms with Gasteiger partial charge in [0.25, 0.3) is 0 Å². The number of nitrogens with one attached hydrogen (secondary N) is 1. The summed E-state index contributed by atoms with van der Waals surface area (Å²) in [7, 11) is 0. The third-order valence-electron chi connectivity index (χ3n) is 3.44. The number of hydrogen-bond acceptors (Lipinski definition) is 2. The molecular formula is C15H23BrN2. The lowest BCUT2D eigenvalue weighted by Crippen LogP contribution is -2.23. The zero-order chi connectivity index (χ0) is 13.0. The molecule has 0 saturated heterocycles. The van der Waals surface area contributed by atoms with Crippen molar-refractivity contribution in [3.8, 4) is 0 Å². The zero-order valence-electron chi connectivity index (χ0n) is 11.4. The molecule has 1 fully saturated rings. The topological polar surface area (TPSA) is 15.3 Å². The van der Waals surface area contributed by atoms with Crippen molar-refractivity contribution in [3.05, 3.63) is 28.2 Å². The molecule has 0 heterocycles. The Balaban J connectivity index is 2.02. The van der Waals surface area contributed by atoms with Gasteiger partial charge in [0.2, 0.25) is 0 Å². The smallest absolute Gasteiger partial charge is 0.0377 e. The highest BCUT2D eigenvalue weighted by Crippen LogP contribution is 2.26. The molecule has 3 heteroatoms. The average molecular weight is 311 g/mol. The molecular weight excluding hydrogens is 288 g/mol. The number of benzene rings is 1. The van der Waals surface area contributed by atoms with Crippen molar-refractivity contribution in [2.75, 3.05) is 18.0 Å². The quantitative estimate of drug-likeness (QED) is 0.820. The lowest BCUT2D eigenvalue weighted by atomic mass is 10.2. The fourth-order valence-electron chi connectivity index (χ4n) is 2.16. The van der Waals surface area contributed by atoms with E-state index in [4.69, 9.17) is 0 Å². The molecule has 1 aromatic carbocycles. The van der Waals surface area contributed by atoms with E-state index >= 15 is 0 Å². The minimum absolute atomic E-state index is 0.767. The highest BCUT2D eigenvalue weighted by molar-refractivity contribution is 9.10. The maximum absolute atomic E-state index is 3.70. The van der Waals surface area contributed by atoms with Gasteiger partial charge in [-0.1, -0.05) is 28.9 Å². The van der Waals surface area contributed by atoms with Crippen LogP contribution in [0.2, 0.25) is 0 Å². The van der Waals surface area contributed by atoms with E-state index in [-0.39, 0.29) is 0 Å². The summed E-state index contributed by atoms with van der Waals surface area (Å²) >= 11 is 3.70. The van der Waals surface area contributed by atoms with Crippen molar-refractivity contribution >= 4 is 21.6 Å². The third kappa shape index (κ3) is 3.72. The van der Waals surface area contributed by atoms with Crippen LogP contribution in [0.5, 0.6) is 0 Å². The lowest BCUT2D eigenvalue weighted by molar-refractivity contribution is 0.686. The van der Waals surface area contributed by atoms with Gasteiger partial charge in [-0.2, -0.15) is 0 Å². The molecule has 0 radical (unpaired) electrons. The molecule has 100 valence electrons. The van der Waals surface area contributed by atoms with Gasteiger partial charge in [-0.3, -0.25) is 0 Å². The second kappa shape index (κ2) is 6.58. The summed E-state index contributed by atoms with van der Waals surface area (Å²) in [4.78, 5) is 2.42. The molecule has 2 rings (SSSR count). The Morgan fingerprint density at radius 2 is 2.11 bits per heavy atom. The Bertz CT molecular complexity index is 388. The van der Waals surface area contributed by atoms with Crippen LogP contribution in [0.25, 0.3) is 0 Å². The maximum Gasteiger partial charge on any atom is 0.0377 e. The first-order valence-electron chi connectivity index (χ1n) is 7.01. The van der Waals surface area contributed by atoms with E-state index in [1.165, 1.54) is 35.0 Å². The van der Waals surface area contributed by atoms with E-state index in [0.717, 1.165) is 25.7 Å². The summed E-state index contributed by atoms with van der Waals surface area (Å²) in [5.74, 6) is 0. The molecule has 1 saturated carbocycles. The Morgan fingerprint density at radius 3 is 2.67 bits per heavy atom. The first kappa shape index (κ1) is 13.9. The highest BCUT2D eigenvalue weighted by Gasteiger charge is 2.20. The van der Waals surface area contributed by atoms with Crippen molar-refractivity contribution in [3.63, 3.8) is 0 Å². The minimum atomic E-state index is 0.767. The molecule has 1 aliphatic rings. The summed E-state index contributed by atoms with van der Waals surface area (Å²) < 4.78 is 1.22. The molecule has 0 amide bonds. The number of nitrogens with zero attached hydrogens (tertiary/aromatic N) is 1. The second-order valence-electron chi connectivity index (χ2n) is 5.01. The molecule has 1 aliphatic carbocycles. The Labute approximate surface area is 119 Å². The van der Waals surface area contributed by atoms with E-state index in [2.05, 4.69) is 58.2 Å². The fraction of sp³-hybridized carbons (Fsp3) is 0.600. The molecule has 1 N–H and O–H groups in total. The zero-order valence-corrected chi connectivity index (χ0v) is 13.0. The summed E-state index contributed by atoms with van der Waals surface area (Å²) in [6.45, 7) is 7.62. The number of rotatable bonds is 7. The summed E-state index contributed by atoms with van der Waals surface area (Å²) in [5, 5.41) is 3.56. The highest BCUT2D eigenvalue weighted by atomic mass is 79.9. The van der Waals surface area contributed by atoms with Gasteiger partial charge >= 0.3 is 0 Å². The van der Waals surface area contributed by atoms with E-state index in [1.54, 1.807) is 0 Å². The van der Waals surface area contributed by atoms with Crippen LogP contribution >= 0.6 is 15.9 Å². The van der Waals surface area contributed by atoms with Gasteiger partial charge in [-0.15, -0.1) is 0 Å². The first-order chi connectivity index (χ1) is 8.74. The molecule has 0 spiro atoms. The van der Waals surface area contributed by atoms with Crippen molar-refractivity contribution in [2.45, 2.75) is 45.7 Å². The lowest BCUT2D eigenvalue weighted by Gasteiger charge is -2.23. The molecule has 18 heavy (non-hydrogen) atoms. The number of anilines is 1. The van der Waals surface area contributed by atoms with E-state index in [1.807, 2.05) is 0 Å². The van der Waals surface area contributed by atoms with E-state index < -0.39 is 0 Å². The van der Waals surface area contributed by atoms with Crippen LogP contribution in [0.4, 0.5) is 5.69 Å². The van der Waals surface area contributed by atoms with Gasteiger partial charge in [0, 0.05) is 35.8 Å². The van der Waals surface area contributed by atoms with Gasteiger partial charge < -0.3 is 10.2 Å². The van der Waals surface area contributed by atoms with E-state index in [9.17, 15) is 0 Å². The molecule has 1 aromatic rings. The molecule has 0 bridgehead atoms. The minimum Gasteiger partial charge on any atom is -0.372 e. The summed E-state index contributed by atoms with van der Waals surface area (Å²) in [5.41, 5.74) is 2.68. The van der Waals surface area contributed by atoms with Gasteiger partial charge in [0.1, 0.15) is 0 Å². The summed E-state index contributed by atoms with van der Waals surface area (Å²) in [6.07, 6.45) is 3.88.